The zero-order valence-electron chi connectivity index (χ0n) is 4.39. The summed E-state index contributed by atoms with van der Waals surface area (Å²) in [5, 5.41) is 0. The van der Waals surface area contributed by atoms with Crippen LogP contribution < -0.4 is 5.73 Å². The summed E-state index contributed by atoms with van der Waals surface area (Å²) in [6.07, 6.45) is 1.73. The van der Waals surface area contributed by atoms with Crippen molar-refractivity contribution in [1.82, 2.24) is 9.97 Å². The second kappa shape index (κ2) is 2.61. The molecule has 0 saturated heterocycles. The zero-order chi connectivity index (χ0) is 6.85. The summed E-state index contributed by atoms with van der Waals surface area (Å²) >= 11 is 6.91. The third-order valence-corrected chi connectivity index (χ3v) is 2.27. The molecule has 3 nitrogen and oxygen atoms in total. The van der Waals surface area contributed by atoms with E-state index in [2.05, 4.69) is 32.6 Å². The average Bonchev–Trinajstić information content (AvgIpc) is 1.80. The van der Waals surface area contributed by atoms with Crippen molar-refractivity contribution in [1.29, 1.82) is 0 Å². The molecule has 0 fully saturated rings. The summed E-state index contributed by atoms with van der Waals surface area (Å²) in [7, 11) is 0. The first-order valence-electron chi connectivity index (χ1n) is 2.21. The Balaban J connectivity index is 3.34. The minimum Gasteiger partial charge on any atom is -0.369 e. The Morgan fingerprint density at radius 3 is 2.89 bits per heavy atom. The Bertz CT molecular complexity index is 269. The lowest BCUT2D eigenvalue weighted by Gasteiger charge is -1.91. The quantitative estimate of drug-likeness (QED) is 0.541. The van der Waals surface area contributed by atoms with Crippen molar-refractivity contribution < 1.29 is 0 Å². The first kappa shape index (κ1) is 6.94. The van der Waals surface area contributed by atoms with Gasteiger partial charge in [0, 0.05) is 6.20 Å². The Kier molecular flexibility index (Phi) is 2.01. The van der Waals surface area contributed by atoms with Crippen molar-refractivity contribution in [3.63, 3.8) is 0 Å². The molecule has 1 aromatic rings. The summed E-state index contributed by atoms with van der Waals surface area (Å²) < 4.78 is 1.46. The lowest BCUT2D eigenvalue weighted by molar-refractivity contribution is 1.15. The van der Waals surface area contributed by atoms with Crippen LogP contribution in [0.1, 0.15) is 0 Å². The van der Waals surface area contributed by atoms with Crippen LogP contribution in [-0.2, 0) is 0 Å². The average molecular weight is 253 g/mol. The maximum Gasteiger partial charge on any atom is 0.198 e. The second-order valence-corrected chi connectivity index (χ2v) is 2.99. The van der Waals surface area contributed by atoms with Crippen LogP contribution in [0, 0.1) is 8.21 Å². The van der Waals surface area contributed by atoms with Crippen LogP contribution in [0.25, 0.3) is 0 Å². The number of aromatic nitrogens is 2. The molecule has 0 aliphatic carbocycles. The first-order valence-corrected chi connectivity index (χ1v) is 3.69. The third kappa shape index (κ3) is 1.62. The third-order valence-electron chi connectivity index (χ3n) is 0.773. The van der Waals surface area contributed by atoms with Gasteiger partial charge in [-0.2, -0.15) is 0 Å². The topological polar surface area (TPSA) is 54.7 Å². The predicted octanol–water partition coefficient (Wildman–Crippen LogP) is 1.33. The SMILES string of the molecule is Nc1nc(=S)c(I)c[nH]1. The van der Waals surface area contributed by atoms with E-state index in [1.54, 1.807) is 6.20 Å². The summed E-state index contributed by atoms with van der Waals surface area (Å²) in [6.45, 7) is 0. The van der Waals surface area contributed by atoms with Gasteiger partial charge in [0.1, 0.15) is 4.64 Å². The van der Waals surface area contributed by atoms with Crippen LogP contribution in [0.3, 0.4) is 0 Å². The van der Waals surface area contributed by atoms with E-state index in [1.165, 1.54) is 0 Å². The van der Waals surface area contributed by atoms with Crippen molar-refractivity contribution in [2.75, 3.05) is 5.73 Å². The highest BCUT2D eigenvalue weighted by molar-refractivity contribution is 14.1. The Morgan fingerprint density at radius 2 is 2.44 bits per heavy atom. The van der Waals surface area contributed by atoms with E-state index >= 15 is 0 Å². The standard InChI is InChI=1S/C4H4IN3S/c5-2-1-7-4(6)8-3(2)9/h1H,(H3,6,7,8,9). The molecule has 3 N–H and O–H groups in total. The summed E-state index contributed by atoms with van der Waals surface area (Å²) in [6, 6.07) is 0. The molecule has 0 atom stereocenters. The van der Waals surface area contributed by atoms with E-state index in [0.717, 1.165) is 3.57 Å². The van der Waals surface area contributed by atoms with E-state index in [4.69, 9.17) is 18.0 Å². The minimum atomic E-state index is 0.361. The molecule has 48 valence electrons. The molecule has 5 heteroatoms. The van der Waals surface area contributed by atoms with E-state index in [1.807, 2.05) is 0 Å². The summed E-state index contributed by atoms with van der Waals surface area (Å²) in [5.41, 5.74) is 5.29. The van der Waals surface area contributed by atoms with Gasteiger partial charge in [-0.25, -0.2) is 4.98 Å². The van der Waals surface area contributed by atoms with Gasteiger partial charge in [0.25, 0.3) is 0 Å². The fourth-order valence-electron chi connectivity index (χ4n) is 0.394. The highest BCUT2D eigenvalue weighted by Crippen LogP contribution is 2.02. The number of rotatable bonds is 0. The normalized spacial score (nSPS) is 9.44. The highest BCUT2D eigenvalue weighted by Gasteiger charge is 1.89. The Labute approximate surface area is 70.8 Å². The van der Waals surface area contributed by atoms with Gasteiger partial charge in [0.2, 0.25) is 0 Å². The maximum absolute atomic E-state index is 5.29. The number of nitrogen functional groups attached to an aromatic ring is 1. The molecule has 1 rings (SSSR count). The lowest BCUT2D eigenvalue weighted by Crippen LogP contribution is -1.94. The van der Waals surface area contributed by atoms with Gasteiger partial charge in [-0.15, -0.1) is 0 Å². The molecule has 0 saturated carbocycles. The van der Waals surface area contributed by atoms with E-state index in [-0.39, 0.29) is 0 Å². The molecule has 0 aliphatic rings. The van der Waals surface area contributed by atoms with Crippen LogP contribution in [0.15, 0.2) is 6.20 Å². The van der Waals surface area contributed by atoms with Gasteiger partial charge >= 0.3 is 0 Å². The van der Waals surface area contributed by atoms with Crippen molar-refractivity contribution in [2.24, 2.45) is 0 Å². The number of halogens is 1. The fourth-order valence-corrected chi connectivity index (χ4v) is 0.828. The molecule has 0 radical (unpaired) electrons. The van der Waals surface area contributed by atoms with Gasteiger partial charge in [-0.1, -0.05) is 12.2 Å². The predicted molar refractivity (Wildman–Crippen MR) is 46.6 cm³/mol. The number of nitrogens with zero attached hydrogens (tertiary/aromatic N) is 1. The van der Waals surface area contributed by atoms with Crippen molar-refractivity contribution >= 4 is 40.8 Å². The molecule has 1 aromatic heterocycles. The number of nitrogens with one attached hydrogen (secondary N) is 1. The molecule has 0 aromatic carbocycles. The lowest BCUT2D eigenvalue weighted by atomic mass is 10.7. The van der Waals surface area contributed by atoms with Gasteiger partial charge < -0.3 is 10.7 Å². The molecule has 0 unspecified atom stereocenters. The van der Waals surface area contributed by atoms with E-state index < -0.39 is 0 Å². The minimum absolute atomic E-state index is 0.361. The monoisotopic (exact) mass is 253 g/mol. The van der Waals surface area contributed by atoms with Crippen molar-refractivity contribution in [3.8, 4) is 0 Å². The largest absolute Gasteiger partial charge is 0.369 e. The second-order valence-electron chi connectivity index (χ2n) is 1.44. The summed E-state index contributed by atoms with van der Waals surface area (Å²) in [4.78, 5) is 6.54. The maximum atomic E-state index is 5.29. The smallest absolute Gasteiger partial charge is 0.198 e. The Morgan fingerprint density at radius 1 is 1.78 bits per heavy atom. The van der Waals surface area contributed by atoms with Gasteiger partial charge in [0.05, 0.1) is 3.57 Å². The number of anilines is 1. The number of hydrogen-bond donors (Lipinski definition) is 2. The van der Waals surface area contributed by atoms with Crippen LogP contribution in [0.5, 0.6) is 0 Å². The molecule has 0 spiro atoms. The number of aromatic amines is 1. The first-order chi connectivity index (χ1) is 4.20. The molecule has 0 bridgehead atoms. The number of hydrogen-bond acceptors (Lipinski definition) is 3. The molecule has 0 amide bonds. The summed E-state index contributed by atoms with van der Waals surface area (Å²) in [5.74, 6) is 0.361. The van der Waals surface area contributed by atoms with Crippen LogP contribution in [0.4, 0.5) is 5.95 Å². The van der Waals surface area contributed by atoms with Gasteiger partial charge in [0.15, 0.2) is 5.95 Å². The zero-order valence-corrected chi connectivity index (χ0v) is 7.36. The van der Waals surface area contributed by atoms with E-state index in [0.29, 0.717) is 10.6 Å². The van der Waals surface area contributed by atoms with Crippen LogP contribution in [-0.4, -0.2) is 9.97 Å². The van der Waals surface area contributed by atoms with Crippen molar-refractivity contribution in [3.05, 3.63) is 14.4 Å². The van der Waals surface area contributed by atoms with Crippen LogP contribution >= 0.6 is 34.8 Å². The molecule has 9 heavy (non-hydrogen) atoms. The molecular formula is C4H4IN3S. The Hall–Kier alpha value is -0.170. The molecule has 1 heterocycles. The van der Waals surface area contributed by atoms with E-state index in [9.17, 15) is 0 Å². The molecular weight excluding hydrogens is 249 g/mol. The van der Waals surface area contributed by atoms with Gasteiger partial charge in [-0.3, -0.25) is 0 Å². The van der Waals surface area contributed by atoms with Crippen LogP contribution in [0.2, 0.25) is 0 Å². The van der Waals surface area contributed by atoms with Crippen molar-refractivity contribution in [2.45, 2.75) is 0 Å². The number of nitrogens with two attached hydrogens (primary N) is 1. The van der Waals surface area contributed by atoms with Gasteiger partial charge in [-0.05, 0) is 22.6 Å². The number of H-pyrrole nitrogens is 1. The fraction of sp³-hybridized carbons (Fsp3) is 0. The highest BCUT2D eigenvalue weighted by atomic mass is 127. The molecule has 0 aliphatic heterocycles.